The van der Waals surface area contributed by atoms with Crippen molar-refractivity contribution < 1.29 is 4.79 Å². The van der Waals surface area contributed by atoms with Crippen LogP contribution in [0.25, 0.3) is 0 Å². The molecule has 5 rings (SSSR count). The molecule has 2 aliphatic heterocycles. The first-order chi connectivity index (χ1) is 15.7. The zero-order chi connectivity index (χ0) is 21.9. The van der Waals surface area contributed by atoms with E-state index in [0.717, 1.165) is 38.2 Å². The Bertz CT molecular complexity index is 1010. The SMILES string of the molecule is CC1CN(CCC(c2ccccc2)c2ccccc2)CCC1N1C(=O)Cc2ccccc21. The van der Waals surface area contributed by atoms with E-state index in [9.17, 15) is 4.79 Å². The van der Waals surface area contributed by atoms with Gasteiger partial charge in [0, 0.05) is 30.7 Å². The van der Waals surface area contributed by atoms with Crippen molar-refractivity contribution in [2.45, 2.75) is 38.1 Å². The first-order valence-electron chi connectivity index (χ1n) is 11.9. The van der Waals surface area contributed by atoms with Gasteiger partial charge >= 0.3 is 0 Å². The normalized spacial score (nSPS) is 21.2. The molecule has 0 bridgehead atoms. The first kappa shape index (κ1) is 21.0. The number of fused-ring (bicyclic) bond motifs is 1. The molecule has 164 valence electrons. The Labute approximate surface area is 191 Å². The summed E-state index contributed by atoms with van der Waals surface area (Å²) in [5.41, 5.74) is 5.10. The maximum atomic E-state index is 12.8. The van der Waals surface area contributed by atoms with Gasteiger partial charge in [0.2, 0.25) is 5.91 Å². The zero-order valence-electron chi connectivity index (χ0n) is 18.9. The number of piperidine rings is 1. The monoisotopic (exact) mass is 424 g/mol. The van der Waals surface area contributed by atoms with Gasteiger partial charge in [-0.1, -0.05) is 85.8 Å². The Morgan fingerprint density at radius 3 is 2.16 bits per heavy atom. The van der Waals surface area contributed by atoms with E-state index in [1.165, 1.54) is 16.7 Å². The molecule has 3 aromatic carbocycles. The molecule has 3 aromatic rings. The zero-order valence-corrected chi connectivity index (χ0v) is 18.9. The fourth-order valence-electron chi connectivity index (χ4n) is 5.66. The van der Waals surface area contributed by atoms with Crippen LogP contribution >= 0.6 is 0 Å². The lowest BCUT2D eigenvalue weighted by Crippen LogP contribution is -2.51. The van der Waals surface area contributed by atoms with Crippen molar-refractivity contribution in [2.24, 2.45) is 5.92 Å². The number of anilines is 1. The van der Waals surface area contributed by atoms with Gasteiger partial charge in [0.05, 0.1) is 6.42 Å². The second kappa shape index (κ2) is 9.30. The molecule has 3 heteroatoms. The van der Waals surface area contributed by atoms with Gasteiger partial charge in [0.25, 0.3) is 0 Å². The molecule has 2 unspecified atom stereocenters. The fraction of sp³-hybridized carbons (Fsp3) is 0.345. The highest BCUT2D eigenvalue weighted by molar-refractivity contribution is 6.01. The van der Waals surface area contributed by atoms with Gasteiger partial charge in [-0.25, -0.2) is 0 Å². The second-order valence-electron chi connectivity index (χ2n) is 9.37. The van der Waals surface area contributed by atoms with Crippen LogP contribution in [0.2, 0.25) is 0 Å². The van der Waals surface area contributed by atoms with E-state index in [0.29, 0.717) is 24.3 Å². The van der Waals surface area contributed by atoms with E-state index in [2.05, 4.69) is 95.6 Å². The van der Waals surface area contributed by atoms with Crippen LogP contribution in [0.15, 0.2) is 84.9 Å². The van der Waals surface area contributed by atoms with Crippen LogP contribution in [0, 0.1) is 5.92 Å². The van der Waals surface area contributed by atoms with E-state index >= 15 is 0 Å². The molecule has 1 fully saturated rings. The molecule has 1 amide bonds. The lowest BCUT2D eigenvalue weighted by atomic mass is 9.87. The average Bonchev–Trinajstić information content (AvgIpc) is 3.16. The lowest BCUT2D eigenvalue weighted by molar-refractivity contribution is -0.118. The molecular weight excluding hydrogens is 392 g/mol. The Hall–Kier alpha value is -2.91. The number of carbonyl (C=O) groups is 1. The van der Waals surface area contributed by atoms with Gasteiger partial charge in [-0.3, -0.25) is 4.79 Å². The number of amides is 1. The maximum Gasteiger partial charge on any atom is 0.231 e. The number of likely N-dealkylation sites (tertiary alicyclic amines) is 1. The summed E-state index contributed by atoms with van der Waals surface area (Å²) in [6.45, 7) is 5.50. The minimum absolute atomic E-state index is 0.268. The van der Waals surface area contributed by atoms with Crippen LogP contribution in [0.5, 0.6) is 0 Å². The first-order valence-corrected chi connectivity index (χ1v) is 11.9. The topological polar surface area (TPSA) is 23.6 Å². The summed E-state index contributed by atoms with van der Waals surface area (Å²) in [6, 6.07) is 30.4. The molecular formula is C29H32N2O. The van der Waals surface area contributed by atoms with Crippen LogP contribution < -0.4 is 4.90 Å². The largest absolute Gasteiger partial charge is 0.308 e. The maximum absolute atomic E-state index is 12.8. The van der Waals surface area contributed by atoms with Crippen LogP contribution in [0.4, 0.5) is 5.69 Å². The summed E-state index contributed by atoms with van der Waals surface area (Å²) in [5.74, 6) is 1.15. The molecule has 0 spiro atoms. The predicted octanol–water partition coefficient (Wildman–Crippen LogP) is 5.51. The summed E-state index contributed by atoms with van der Waals surface area (Å²) < 4.78 is 0. The van der Waals surface area contributed by atoms with E-state index in [1.807, 2.05) is 6.07 Å². The van der Waals surface area contributed by atoms with Crippen molar-refractivity contribution in [3.05, 3.63) is 102 Å². The standard InChI is InChI=1S/C29H32N2O/c1-22-21-30(19-17-27(22)31-28-15-9-8-14-25(28)20-29(31)32)18-16-26(23-10-4-2-5-11-23)24-12-6-3-7-13-24/h2-15,22,26-27H,16-21H2,1H3. The number of hydrogen-bond donors (Lipinski definition) is 0. The van der Waals surface area contributed by atoms with Gasteiger partial charge in [-0.2, -0.15) is 0 Å². The Balaban J connectivity index is 1.25. The average molecular weight is 425 g/mol. The minimum Gasteiger partial charge on any atom is -0.308 e. The van der Waals surface area contributed by atoms with Crippen molar-refractivity contribution in [1.29, 1.82) is 0 Å². The van der Waals surface area contributed by atoms with Crippen molar-refractivity contribution in [3.63, 3.8) is 0 Å². The number of hydrogen-bond acceptors (Lipinski definition) is 2. The number of rotatable bonds is 6. The fourth-order valence-corrected chi connectivity index (χ4v) is 5.66. The smallest absolute Gasteiger partial charge is 0.231 e. The van der Waals surface area contributed by atoms with Gasteiger partial charge in [0.1, 0.15) is 0 Å². The molecule has 32 heavy (non-hydrogen) atoms. The summed E-state index contributed by atoms with van der Waals surface area (Å²) in [5, 5.41) is 0. The highest BCUT2D eigenvalue weighted by atomic mass is 16.2. The Morgan fingerprint density at radius 2 is 1.50 bits per heavy atom. The number of benzene rings is 3. The molecule has 3 nitrogen and oxygen atoms in total. The predicted molar refractivity (Wildman–Crippen MR) is 131 cm³/mol. The third-order valence-electron chi connectivity index (χ3n) is 7.28. The van der Waals surface area contributed by atoms with Crippen LogP contribution in [0.3, 0.4) is 0 Å². The summed E-state index contributed by atoms with van der Waals surface area (Å²) in [7, 11) is 0. The molecule has 1 saturated heterocycles. The molecule has 0 saturated carbocycles. The van der Waals surface area contributed by atoms with Gasteiger partial charge in [0.15, 0.2) is 0 Å². The van der Waals surface area contributed by atoms with E-state index in [4.69, 9.17) is 0 Å². The summed E-state index contributed by atoms with van der Waals surface area (Å²) >= 11 is 0. The number of para-hydroxylation sites is 1. The summed E-state index contributed by atoms with van der Waals surface area (Å²) in [6.07, 6.45) is 2.71. The van der Waals surface area contributed by atoms with Gasteiger partial charge in [-0.15, -0.1) is 0 Å². The van der Waals surface area contributed by atoms with Crippen molar-refractivity contribution in [3.8, 4) is 0 Å². The molecule has 2 heterocycles. The molecule has 0 radical (unpaired) electrons. The summed E-state index contributed by atoms with van der Waals surface area (Å²) in [4.78, 5) is 17.5. The van der Waals surface area contributed by atoms with Crippen molar-refractivity contribution >= 4 is 11.6 Å². The molecule has 0 N–H and O–H groups in total. The molecule has 0 aromatic heterocycles. The third kappa shape index (κ3) is 4.22. The highest BCUT2D eigenvalue weighted by Gasteiger charge is 2.38. The second-order valence-corrected chi connectivity index (χ2v) is 9.37. The van der Waals surface area contributed by atoms with E-state index in [-0.39, 0.29) is 5.91 Å². The Morgan fingerprint density at radius 1 is 0.875 bits per heavy atom. The lowest BCUT2D eigenvalue weighted by Gasteiger charge is -2.42. The quantitative estimate of drug-likeness (QED) is 0.521. The molecule has 2 atom stereocenters. The van der Waals surface area contributed by atoms with E-state index < -0.39 is 0 Å². The Kier molecular flexibility index (Phi) is 6.09. The van der Waals surface area contributed by atoms with Crippen LogP contribution in [-0.4, -0.2) is 36.5 Å². The third-order valence-corrected chi connectivity index (χ3v) is 7.28. The minimum atomic E-state index is 0.268. The van der Waals surface area contributed by atoms with Crippen LogP contribution in [0.1, 0.15) is 42.4 Å². The van der Waals surface area contributed by atoms with Gasteiger partial charge in [-0.05, 0) is 48.1 Å². The number of carbonyl (C=O) groups excluding carboxylic acids is 1. The van der Waals surface area contributed by atoms with Gasteiger partial charge < -0.3 is 9.80 Å². The highest BCUT2D eigenvalue weighted by Crippen LogP contribution is 2.35. The molecule has 0 aliphatic carbocycles. The van der Waals surface area contributed by atoms with Crippen LogP contribution in [-0.2, 0) is 11.2 Å². The molecule has 2 aliphatic rings. The van der Waals surface area contributed by atoms with E-state index in [1.54, 1.807) is 0 Å². The number of nitrogens with zero attached hydrogens (tertiary/aromatic N) is 2. The van der Waals surface area contributed by atoms with Crippen molar-refractivity contribution in [1.82, 2.24) is 4.90 Å². The van der Waals surface area contributed by atoms with Crippen molar-refractivity contribution in [2.75, 3.05) is 24.5 Å².